The van der Waals surface area contributed by atoms with Crippen molar-refractivity contribution in [3.63, 3.8) is 0 Å². The van der Waals surface area contributed by atoms with Gasteiger partial charge in [0.15, 0.2) is 0 Å². The minimum atomic E-state index is -0.430. The molecule has 3 unspecified atom stereocenters. The number of benzene rings is 1. The number of rotatable bonds is 7. The lowest BCUT2D eigenvalue weighted by molar-refractivity contribution is -0.199. The Hall–Kier alpha value is -0.460. The highest BCUT2D eigenvalue weighted by atomic mass is 79.9. The SMILES string of the molecule is COCCOC1C(O)CC1OCc1ccccc1Br. The molecular weight excluding hydrogens is 312 g/mol. The van der Waals surface area contributed by atoms with Crippen molar-refractivity contribution in [2.45, 2.75) is 31.3 Å². The van der Waals surface area contributed by atoms with Crippen molar-refractivity contribution < 1.29 is 19.3 Å². The first kappa shape index (κ1) is 14.9. The molecule has 1 N–H and O–H groups in total. The molecule has 5 heteroatoms. The van der Waals surface area contributed by atoms with Crippen LogP contribution in [0.1, 0.15) is 12.0 Å². The van der Waals surface area contributed by atoms with E-state index in [1.165, 1.54) is 0 Å². The van der Waals surface area contributed by atoms with E-state index >= 15 is 0 Å². The fraction of sp³-hybridized carbons (Fsp3) is 0.571. The van der Waals surface area contributed by atoms with Crippen LogP contribution in [0.4, 0.5) is 0 Å². The fourth-order valence-electron chi connectivity index (χ4n) is 2.02. The van der Waals surface area contributed by atoms with Gasteiger partial charge in [-0.1, -0.05) is 34.1 Å². The van der Waals surface area contributed by atoms with Crippen molar-refractivity contribution in [2.24, 2.45) is 0 Å². The Balaban J connectivity index is 1.78. The molecule has 2 rings (SSSR count). The van der Waals surface area contributed by atoms with Crippen LogP contribution in [0.3, 0.4) is 0 Å². The minimum absolute atomic E-state index is 0.0426. The summed E-state index contributed by atoms with van der Waals surface area (Å²) in [6.07, 6.45) is -0.0834. The van der Waals surface area contributed by atoms with E-state index in [-0.39, 0.29) is 12.2 Å². The molecule has 0 bridgehead atoms. The molecule has 0 aliphatic heterocycles. The average Bonchev–Trinajstić information content (AvgIpc) is 2.41. The average molecular weight is 331 g/mol. The first-order valence-corrected chi connectivity index (χ1v) is 7.15. The van der Waals surface area contributed by atoms with Gasteiger partial charge in [-0.25, -0.2) is 0 Å². The van der Waals surface area contributed by atoms with E-state index in [0.717, 1.165) is 10.0 Å². The second-order valence-electron chi connectivity index (χ2n) is 4.57. The van der Waals surface area contributed by atoms with Crippen LogP contribution in [-0.2, 0) is 20.8 Å². The van der Waals surface area contributed by atoms with Crippen LogP contribution >= 0.6 is 15.9 Å². The molecule has 0 radical (unpaired) electrons. The van der Waals surface area contributed by atoms with Crippen molar-refractivity contribution in [1.29, 1.82) is 0 Å². The van der Waals surface area contributed by atoms with Gasteiger partial charge >= 0.3 is 0 Å². The summed E-state index contributed by atoms with van der Waals surface area (Å²) in [6, 6.07) is 7.95. The molecule has 0 heterocycles. The third-order valence-electron chi connectivity index (χ3n) is 3.23. The first-order valence-electron chi connectivity index (χ1n) is 6.36. The number of aliphatic hydroxyl groups excluding tert-OH is 1. The normalized spacial score (nSPS) is 26.2. The highest BCUT2D eigenvalue weighted by molar-refractivity contribution is 9.10. The predicted octanol–water partition coefficient (Wildman–Crippen LogP) is 2.13. The number of hydrogen-bond donors (Lipinski definition) is 1. The summed E-state index contributed by atoms with van der Waals surface area (Å²) in [7, 11) is 1.63. The standard InChI is InChI=1S/C14H19BrO4/c1-17-6-7-18-14-12(16)8-13(14)19-9-10-4-2-3-5-11(10)15/h2-5,12-14,16H,6-9H2,1H3. The number of ether oxygens (including phenoxy) is 3. The van der Waals surface area contributed by atoms with E-state index in [1.807, 2.05) is 24.3 Å². The van der Waals surface area contributed by atoms with Crippen molar-refractivity contribution in [2.75, 3.05) is 20.3 Å². The Morgan fingerprint density at radius 2 is 2.05 bits per heavy atom. The van der Waals surface area contributed by atoms with E-state index < -0.39 is 6.10 Å². The predicted molar refractivity (Wildman–Crippen MR) is 75.0 cm³/mol. The van der Waals surface area contributed by atoms with Crippen molar-refractivity contribution >= 4 is 15.9 Å². The van der Waals surface area contributed by atoms with Gasteiger partial charge in [0.05, 0.1) is 32.0 Å². The van der Waals surface area contributed by atoms with Crippen LogP contribution in [0.15, 0.2) is 28.7 Å². The molecule has 0 spiro atoms. The summed E-state index contributed by atoms with van der Waals surface area (Å²) in [6.45, 7) is 1.52. The van der Waals surface area contributed by atoms with E-state index in [0.29, 0.717) is 26.2 Å². The third-order valence-corrected chi connectivity index (χ3v) is 4.00. The van der Waals surface area contributed by atoms with Gasteiger partial charge < -0.3 is 19.3 Å². The molecule has 1 aliphatic carbocycles. The van der Waals surface area contributed by atoms with Gasteiger partial charge in [0.1, 0.15) is 6.10 Å². The zero-order valence-electron chi connectivity index (χ0n) is 10.9. The van der Waals surface area contributed by atoms with Crippen molar-refractivity contribution in [3.05, 3.63) is 34.3 Å². The van der Waals surface area contributed by atoms with E-state index in [9.17, 15) is 5.11 Å². The second kappa shape index (κ2) is 7.36. The maximum Gasteiger partial charge on any atom is 0.110 e. The molecule has 1 aromatic rings. The molecular formula is C14H19BrO4. The Morgan fingerprint density at radius 1 is 1.26 bits per heavy atom. The molecule has 19 heavy (non-hydrogen) atoms. The lowest BCUT2D eigenvalue weighted by atomic mass is 9.88. The topological polar surface area (TPSA) is 47.9 Å². The Bertz CT molecular complexity index is 399. The molecule has 3 atom stereocenters. The Labute approximate surface area is 121 Å². The lowest BCUT2D eigenvalue weighted by Gasteiger charge is -2.40. The summed E-state index contributed by atoms with van der Waals surface area (Å²) in [4.78, 5) is 0. The van der Waals surface area contributed by atoms with Gasteiger partial charge in [-0.3, -0.25) is 0 Å². The zero-order valence-corrected chi connectivity index (χ0v) is 12.5. The molecule has 0 aromatic heterocycles. The number of halogens is 1. The van der Waals surface area contributed by atoms with Crippen LogP contribution in [0.2, 0.25) is 0 Å². The van der Waals surface area contributed by atoms with Crippen LogP contribution in [-0.4, -0.2) is 43.7 Å². The summed E-state index contributed by atoms with van der Waals surface area (Å²) in [5.74, 6) is 0. The van der Waals surface area contributed by atoms with Crippen molar-refractivity contribution in [1.82, 2.24) is 0 Å². The third kappa shape index (κ3) is 4.00. The molecule has 1 saturated carbocycles. The minimum Gasteiger partial charge on any atom is -0.390 e. The van der Waals surface area contributed by atoms with Crippen LogP contribution < -0.4 is 0 Å². The zero-order chi connectivity index (χ0) is 13.7. The molecule has 0 amide bonds. The van der Waals surface area contributed by atoms with Crippen LogP contribution in [0.25, 0.3) is 0 Å². The lowest BCUT2D eigenvalue weighted by Crippen LogP contribution is -2.53. The largest absolute Gasteiger partial charge is 0.390 e. The van der Waals surface area contributed by atoms with Gasteiger partial charge in [0, 0.05) is 18.0 Å². The highest BCUT2D eigenvalue weighted by Crippen LogP contribution is 2.29. The Kier molecular flexibility index (Phi) is 5.78. The second-order valence-corrected chi connectivity index (χ2v) is 5.43. The molecule has 4 nitrogen and oxygen atoms in total. The summed E-state index contributed by atoms with van der Waals surface area (Å²) in [5, 5.41) is 9.67. The molecule has 106 valence electrons. The number of aliphatic hydroxyl groups is 1. The molecule has 1 fully saturated rings. The monoisotopic (exact) mass is 330 g/mol. The van der Waals surface area contributed by atoms with E-state index in [2.05, 4.69) is 15.9 Å². The maximum atomic E-state index is 9.67. The number of methoxy groups -OCH3 is 1. The maximum absolute atomic E-state index is 9.67. The van der Waals surface area contributed by atoms with Crippen LogP contribution in [0, 0.1) is 0 Å². The van der Waals surface area contributed by atoms with E-state index in [1.54, 1.807) is 7.11 Å². The highest BCUT2D eigenvalue weighted by Gasteiger charge is 2.41. The molecule has 1 aliphatic rings. The summed E-state index contributed by atoms with van der Waals surface area (Å²) in [5.41, 5.74) is 1.10. The molecule has 0 saturated heterocycles. The van der Waals surface area contributed by atoms with Gasteiger partial charge in [-0.05, 0) is 11.6 Å². The van der Waals surface area contributed by atoms with Gasteiger partial charge in [-0.15, -0.1) is 0 Å². The van der Waals surface area contributed by atoms with Crippen LogP contribution in [0.5, 0.6) is 0 Å². The fourth-order valence-corrected chi connectivity index (χ4v) is 2.42. The van der Waals surface area contributed by atoms with E-state index in [4.69, 9.17) is 14.2 Å². The quantitative estimate of drug-likeness (QED) is 0.778. The Morgan fingerprint density at radius 3 is 2.74 bits per heavy atom. The molecule has 1 aromatic carbocycles. The van der Waals surface area contributed by atoms with Gasteiger partial charge in [0.25, 0.3) is 0 Å². The number of hydrogen-bond acceptors (Lipinski definition) is 4. The summed E-state index contributed by atoms with van der Waals surface area (Å²) < 4.78 is 17.3. The smallest absolute Gasteiger partial charge is 0.110 e. The first-order chi connectivity index (χ1) is 9.22. The van der Waals surface area contributed by atoms with Gasteiger partial charge in [-0.2, -0.15) is 0 Å². The summed E-state index contributed by atoms with van der Waals surface area (Å²) >= 11 is 3.49. The van der Waals surface area contributed by atoms with Gasteiger partial charge in [0.2, 0.25) is 0 Å². The van der Waals surface area contributed by atoms with Crippen molar-refractivity contribution in [3.8, 4) is 0 Å².